The van der Waals surface area contributed by atoms with Gasteiger partial charge in [0.1, 0.15) is 0 Å². The van der Waals surface area contributed by atoms with Gasteiger partial charge in [-0.2, -0.15) is 0 Å². The zero-order valence-electron chi connectivity index (χ0n) is 12.9. The lowest BCUT2D eigenvalue weighted by atomic mass is 10.1. The van der Waals surface area contributed by atoms with Gasteiger partial charge in [0.25, 0.3) is 0 Å². The molecule has 3 nitrogen and oxygen atoms in total. The molecule has 20 heavy (non-hydrogen) atoms. The number of hydrogen-bond donors (Lipinski definition) is 1. The summed E-state index contributed by atoms with van der Waals surface area (Å²) >= 11 is 6.12. The average molecular weight is 300 g/mol. The summed E-state index contributed by atoms with van der Waals surface area (Å²) in [7, 11) is 1.63. The lowest BCUT2D eigenvalue weighted by Gasteiger charge is -2.19. The number of benzene rings is 1. The second-order valence-corrected chi connectivity index (χ2v) is 5.92. The topological polar surface area (TPSA) is 44.5 Å². The SMILES string of the molecule is CCCC(C)COc1c(CC(C)N)cc(Cl)cc1OC. The van der Waals surface area contributed by atoms with Gasteiger partial charge in [0.2, 0.25) is 0 Å². The van der Waals surface area contributed by atoms with Crippen LogP contribution in [-0.4, -0.2) is 19.8 Å². The van der Waals surface area contributed by atoms with E-state index in [0.717, 1.165) is 24.2 Å². The summed E-state index contributed by atoms with van der Waals surface area (Å²) in [6.07, 6.45) is 3.03. The highest BCUT2D eigenvalue weighted by Crippen LogP contribution is 2.35. The third-order valence-electron chi connectivity index (χ3n) is 3.15. The van der Waals surface area contributed by atoms with E-state index in [-0.39, 0.29) is 6.04 Å². The molecule has 0 spiro atoms. The first-order valence-corrected chi connectivity index (χ1v) is 7.60. The molecule has 2 unspecified atom stereocenters. The molecule has 0 aliphatic carbocycles. The van der Waals surface area contributed by atoms with Crippen molar-refractivity contribution in [1.29, 1.82) is 0 Å². The predicted octanol–water partition coefficient (Wildman–Crippen LogP) is 4.05. The highest BCUT2D eigenvalue weighted by molar-refractivity contribution is 6.30. The van der Waals surface area contributed by atoms with Crippen LogP contribution >= 0.6 is 11.6 Å². The van der Waals surface area contributed by atoms with Gasteiger partial charge >= 0.3 is 0 Å². The van der Waals surface area contributed by atoms with E-state index in [2.05, 4.69) is 13.8 Å². The summed E-state index contributed by atoms with van der Waals surface area (Å²) in [6.45, 7) is 7.02. The first-order valence-electron chi connectivity index (χ1n) is 7.22. The van der Waals surface area contributed by atoms with Crippen LogP contribution in [0.4, 0.5) is 0 Å². The second-order valence-electron chi connectivity index (χ2n) is 5.48. The Hall–Kier alpha value is -0.930. The molecule has 0 radical (unpaired) electrons. The van der Waals surface area contributed by atoms with E-state index in [1.54, 1.807) is 13.2 Å². The Balaban J connectivity index is 2.94. The zero-order valence-corrected chi connectivity index (χ0v) is 13.7. The largest absolute Gasteiger partial charge is 0.493 e. The van der Waals surface area contributed by atoms with Crippen LogP contribution in [0.1, 0.15) is 39.2 Å². The molecule has 4 heteroatoms. The van der Waals surface area contributed by atoms with Gasteiger partial charge in [-0.3, -0.25) is 0 Å². The maximum absolute atomic E-state index is 6.12. The summed E-state index contributed by atoms with van der Waals surface area (Å²) in [4.78, 5) is 0. The third-order valence-corrected chi connectivity index (χ3v) is 3.37. The van der Waals surface area contributed by atoms with E-state index in [0.29, 0.717) is 29.7 Å². The van der Waals surface area contributed by atoms with Gasteiger partial charge in [-0.15, -0.1) is 0 Å². The molecule has 0 aliphatic heterocycles. The molecule has 0 fully saturated rings. The van der Waals surface area contributed by atoms with Gasteiger partial charge in [-0.1, -0.05) is 31.9 Å². The highest BCUT2D eigenvalue weighted by Gasteiger charge is 2.15. The zero-order chi connectivity index (χ0) is 15.1. The minimum atomic E-state index is 0.0496. The van der Waals surface area contributed by atoms with Crippen molar-refractivity contribution < 1.29 is 9.47 Å². The minimum Gasteiger partial charge on any atom is -0.493 e. The van der Waals surface area contributed by atoms with Gasteiger partial charge in [-0.05, 0) is 31.7 Å². The lowest BCUT2D eigenvalue weighted by Crippen LogP contribution is -2.19. The number of methoxy groups -OCH3 is 1. The van der Waals surface area contributed by atoms with Crippen molar-refractivity contribution in [2.75, 3.05) is 13.7 Å². The third kappa shape index (κ3) is 5.22. The first kappa shape index (κ1) is 17.1. The fourth-order valence-electron chi connectivity index (χ4n) is 2.24. The van der Waals surface area contributed by atoms with Gasteiger partial charge in [0, 0.05) is 22.7 Å². The summed E-state index contributed by atoms with van der Waals surface area (Å²) in [5.74, 6) is 1.97. The molecule has 2 N–H and O–H groups in total. The van der Waals surface area contributed by atoms with E-state index in [9.17, 15) is 0 Å². The monoisotopic (exact) mass is 299 g/mol. The molecule has 1 aromatic carbocycles. The maximum Gasteiger partial charge on any atom is 0.164 e. The van der Waals surface area contributed by atoms with Crippen molar-refractivity contribution in [2.24, 2.45) is 11.7 Å². The molecule has 0 bridgehead atoms. The summed E-state index contributed by atoms with van der Waals surface area (Å²) in [6, 6.07) is 3.74. The molecule has 0 heterocycles. The molecule has 1 rings (SSSR count). The molecule has 0 aliphatic rings. The molecule has 1 aromatic rings. The van der Waals surface area contributed by atoms with Crippen LogP contribution in [-0.2, 0) is 6.42 Å². The second kappa shape index (κ2) is 8.38. The number of halogens is 1. The Kier molecular flexibility index (Phi) is 7.17. The Labute approximate surface area is 127 Å². The van der Waals surface area contributed by atoms with Crippen molar-refractivity contribution in [3.8, 4) is 11.5 Å². The van der Waals surface area contributed by atoms with E-state index in [1.807, 2.05) is 13.0 Å². The van der Waals surface area contributed by atoms with Crippen molar-refractivity contribution in [3.63, 3.8) is 0 Å². The quantitative estimate of drug-likeness (QED) is 0.787. The Bertz CT molecular complexity index is 421. The normalized spacial score (nSPS) is 13.9. The van der Waals surface area contributed by atoms with Crippen molar-refractivity contribution in [1.82, 2.24) is 0 Å². The lowest BCUT2D eigenvalue weighted by molar-refractivity contribution is 0.238. The predicted molar refractivity (Wildman–Crippen MR) is 84.9 cm³/mol. The molecule has 0 aromatic heterocycles. The standard InChI is InChI=1S/C16H26ClNO2/c1-5-6-11(2)10-20-16-13(7-12(3)18)8-14(17)9-15(16)19-4/h8-9,11-12H,5-7,10,18H2,1-4H3. The number of hydrogen-bond acceptors (Lipinski definition) is 3. The van der Waals surface area contributed by atoms with E-state index >= 15 is 0 Å². The Morgan fingerprint density at radius 2 is 2.00 bits per heavy atom. The van der Waals surface area contributed by atoms with E-state index in [4.69, 9.17) is 26.8 Å². The first-order chi connectivity index (χ1) is 9.47. The van der Waals surface area contributed by atoms with Crippen LogP contribution < -0.4 is 15.2 Å². The summed E-state index contributed by atoms with van der Waals surface area (Å²) < 4.78 is 11.4. The number of ether oxygens (including phenoxy) is 2. The van der Waals surface area contributed by atoms with E-state index < -0.39 is 0 Å². The average Bonchev–Trinajstić information content (AvgIpc) is 2.36. The molecule has 0 amide bonds. The van der Waals surface area contributed by atoms with Crippen LogP contribution in [0.15, 0.2) is 12.1 Å². The number of rotatable bonds is 8. The van der Waals surface area contributed by atoms with Gasteiger partial charge in [0.15, 0.2) is 11.5 Å². The van der Waals surface area contributed by atoms with Crippen LogP contribution in [0, 0.1) is 5.92 Å². The molecule has 2 atom stereocenters. The van der Waals surface area contributed by atoms with Gasteiger partial charge in [-0.25, -0.2) is 0 Å². The Morgan fingerprint density at radius 3 is 2.55 bits per heavy atom. The highest BCUT2D eigenvalue weighted by atomic mass is 35.5. The minimum absolute atomic E-state index is 0.0496. The van der Waals surface area contributed by atoms with Crippen LogP contribution in [0.3, 0.4) is 0 Å². The fraction of sp³-hybridized carbons (Fsp3) is 0.625. The summed E-state index contributed by atoms with van der Waals surface area (Å²) in [5.41, 5.74) is 6.91. The van der Waals surface area contributed by atoms with Crippen molar-refractivity contribution in [2.45, 2.75) is 46.1 Å². The number of nitrogens with two attached hydrogens (primary N) is 1. The van der Waals surface area contributed by atoms with Crippen LogP contribution in [0.5, 0.6) is 11.5 Å². The Morgan fingerprint density at radius 1 is 1.30 bits per heavy atom. The van der Waals surface area contributed by atoms with Crippen molar-refractivity contribution >= 4 is 11.6 Å². The fourth-order valence-corrected chi connectivity index (χ4v) is 2.47. The van der Waals surface area contributed by atoms with Gasteiger partial charge in [0.05, 0.1) is 13.7 Å². The molecular formula is C16H26ClNO2. The smallest absolute Gasteiger partial charge is 0.164 e. The molecule has 0 saturated heterocycles. The summed E-state index contributed by atoms with van der Waals surface area (Å²) in [5, 5.41) is 0.645. The van der Waals surface area contributed by atoms with Crippen molar-refractivity contribution in [3.05, 3.63) is 22.7 Å². The molecule has 0 saturated carbocycles. The van der Waals surface area contributed by atoms with Crippen LogP contribution in [0.25, 0.3) is 0 Å². The molecular weight excluding hydrogens is 274 g/mol. The maximum atomic E-state index is 6.12. The van der Waals surface area contributed by atoms with Crippen LogP contribution in [0.2, 0.25) is 5.02 Å². The van der Waals surface area contributed by atoms with Gasteiger partial charge < -0.3 is 15.2 Å². The van der Waals surface area contributed by atoms with E-state index in [1.165, 1.54) is 0 Å². The molecule has 114 valence electrons.